The van der Waals surface area contributed by atoms with Crippen molar-refractivity contribution in [3.8, 4) is 0 Å². The summed E-state index contributed by atoms with van der Waals surface area (Å²) in [5.74, 6) is 0.298. The fraction of sp³-hybridized carbons (Fsp3) is 0.500. The second kappa shape index (κ2) is 10.8. The lowest BCUT2D eigenvalue weighted by Crippen LogP contribution is -2.58. The molecule has 1 aromatic heterocycles. The maximum absolute atomic E-state index is 14.3. The van der Waals surface area contributed by atoms with Gasteiger partial charge in [-0.05, 0) is 64.2 Å². The summed E-state index contributed by atoms with van der Waals surface area (Å²) < 4.78 is 0. The highest BCUT2D eigenvalue weighted by Crippen LogP contribution is 2.50. The van der Waals surface area contributed by atoms with E-state index in [1.807, 2.05) is 60.2 Å². The molecule has 4 N–H and O–H groups in total. The van der Waals surface area contributed by atoms with Crippen LogP contribution in [0.15, 0.2) is 60.8 Å². The predicted molar refractivity (Wildman–Crippen MR) is 156 cm³/mol. The molecule has 2 aliphatic heterocycles. The number of H-pyrrole nitrogens is 1. The van der Waals surface area contributed by atoms with Crippen LogP contribution in [-0.4, -0.2) is 70.4 Å². The molecule has 3 atom stereocenters. The summed E-state index contributed by atoms with van der Waals surface area (Å²) in [4.78, 5) is 35.6. The van der Waals surface area contributed by atoms with Crippen LogP contribution in [-0.2, 0) is 16.0 Å². The fourth-order valence-corrected chi connectivity index (χ4v) is 6.55. The third kappa shape index (κ3) is 5.48. The third-order valence-corrected chi connectivity index (χ3v) is 8.60. The van der Waals surface area contributed by atoms with Crippen molar-refractivity contribution >= 4 is 22.7 Å². The first-order valence-electron chi connectivity index (χ1n) is 14.3. The minimum Gasteiger partial charge on any atom is -0.361 e. The van der Waals surface area contributed by atoms with Crippen molar-refractivity contribution in [2.45, 2.75) is 70.5 Å². The molecule has 208 valence electrons. The standard InChI is InChI=1S/C32H43N5O2/c1-22(2)37-19-26(23-11-6-5-7-12-23)32(30(37)39)15-10-16-36(21-32)29(38)28(35-20-31(3,4)33)17-24-18-34-27-14-9-8-13-25(24)27/h5-9,11-14,18,22,26,28,34-35H,10,15-17,19-21,33H2,1-4H3. The smallest absolute Gasteiger partial charge is 0.240 e. The van der Waals surface area contributed by atoms with Crippen molar-refractivity contribution in [3.63, 3.8) is 0 Å². The number of carbonyl (C=O) groups is 2. The molecular formula is C32H43N5O2. The van der Waals surface area contributed by atoms with Gasteiger partial charge in [-0.15, -0.1) is 0 Å². The first kappa shape index (κ1) is 27.4. The molecule has 2 saturated heterocycles. The Kier molecular flexibility index (Phi) is 7.57. The molecule has 0 radical (unpaired) electrons. The van der Waals surface area contributed by atoms with Crippen LogP contribution in [0.4, 0.5) is 0 Å². The Balaban J connectivity index is 1.44. The van der Waals surface area contributed by atoms with Gasteiger partial charge in [0.2, 0.25) is 11.8 Å². The van der Waals surface area contributed by atoms with E-state index in [1.54, 1.807) is 0 Å². The molecule has 2 amide bonds. The summed E-state index contributed by atoms with van der Waals surface area (Å²) in [5, 5.41) is 4.62. The number of nitrogens with two attached hydrogens (primary N) is 1. The number of nitrogens with zero attached hydrogens (tertiary/aromatic N) is 2. The van der Waals surface area contributed by atoms with Crippen LogP contribution in [0.3, 0.4) is 0 Å². The lowest BCUT2D eigenvalue weighted by atomic mass is 9.69. The first-order chi connectivity index (χ1) is 18.6. The number of piperidine rings is 1. The van der Waals surface area contributed by atoms with Crippen LogP contribution in [0, 0.1) is 5.41 Å². The topological polar surface area (TPSA) is 94.5 Å². The molecule has 0 aliphatic carbocycles. The average molecular weight is 530 g/mol. The average Bonchev–Trinajstić information content (AvgIpc) is 3.45. The zero-order valence-electron chi connectivity index (χ0n) is 23.7. The highest BCUT2D eigenvalue weighted by molar-refractivity contribution is 5.90. The summed E-state index contributed by atoms with van der Waals surface area (Å²) in [7, 11) is 0. The van der Waals surface area contributed by atoms with Gasteiger partial charge >= 0.3 is 0 Å². The van der Waals surface area contributed by atoms with Gasteiger partial charge in [-0.1, -0.05) is 48.5 Å². The Morgan fingerprint density at radius 3 is 2.59 bits per heavy atom. The molecule has 3 unspecified atom stereocenters. The van der Waals surface area contributed by atoms with Crippen LogP contribution in [0.1, 0.15) is 57.6 Å². The number of likely N-dealkylation sites (tertiary alicyclic amines) is 2. The quantitative estimate of drug-likeness (QED) is 0.410. The van der Waals surface area contributed by atoms with Crippen molar-refractivity contribution in [2.75, 3.05) is 26.2 Å². The minimum absolute atomic E-state index is 0.0474. The van der Waals surface area contributed by atoms with Gasteiger partial charge in [0.15, 0.2) is 0 Å². The van der Waals surface area contributed by atoms with Crippen molar-refractivity contribution in [2.24, 2.45) is 11.1 Å². The zero-order chi connectivity index (χ0) is 27.8. The maximum atomic E-state index is 14.3. The summed E-state index contributed by atoms with van der Waals surface area (Å²) >= 11 is 0. The van der Waals surface area contributed by atoms with E-state index in [4.69, 9.17) is 5.73 Å². The Bertz CT molecular complexity index is 1310. The monoisotopic (exact) mass is 529 g/mol. The predicted octanol–water partition coefficient (Wildman–Crippen LogP) is 4.05. The number of amides is 2. The molecule has 1 spiro atoms. The Hall–Kier alpha value is -3.16. The molecule has 0 saturated carbocycles. The first-order valence-corrected chi connectivity index (χ1v) is 14.3. The summed E-state index contributed by atoms with van der Waals surface area (Å²) in [6.45, 7) is 10.4. The molecule has 5 rings (SSSR count). The molecule has 2 aromatic carbocycles. The fourth-order valence-electron chi connectivity index (χ4n) is 6.55. The van der Waals surface area contributed by atoms with Crippen molar-refractivity contribution in [3.05, 3.63) is 71.9 Å². The molecular weight excluding hydrogens is 486 g/mol. The van der Waals surface area contributed by atoms with Gasteiger partial charge in [0.05, 0.1) is 11.5 Å². The van der Waals surface area contributed by atoms with Gasteiger partial charge < -0.3 is 25.8 Å². The molecule has 39 heavy (non-hydrogen) atoms. The number of rotatable bonds is 8. The van der Waals surface area contributed by atoms with E-state index in [9.17, 15) is 9.59 Å². The number of aromatic nitrogens is 1. The van der Waals surface area contributed by atoms with E-state index in [0.717, 1.165) is 29.3 Å². The summed E-state index contributed by atoms with van der Waals surface area (Å²) in [6.07, 6.45) is 4.17. The number of fused-ring (bicyclic) bond motifs is 1. The van der Waals surface area contributed by atoms with Crippen molar-refractivity contribution < 1.29 is 9.59 Å². The van der Waals surface area contributed by atoms with E-state index >= 15 is 0 Å². The number of hydrogen-bond donors (Lipinski definition) is 3. The molecule has 7 nitrogen and oxygen atoms in total. The number of carbonyl (C=O) groups excluding carboxylic acids is 2. The van der Waals surface area contributed by atoms with E-state index < -0.39 is 17.0 Å². The number of nitrogens with one attached hydrogen (secondary N) is 2. The number of para-hydroxylation sites is 1. The van der Waals surface area contributed by atoms with Gasteiger partial charge in [0.1, 0.15) is 0 Å². The normalized spacial score (nSPS) is 22.8. The Morgan fingerprint density at radius 1 is 1.15 bits per heavy atom. The Labute approximate surface area is 232 Å². The highest BCUT2D eigenvalue weighted by Gasteiger charge is 2.57. The van der Waals surface area contributed by atoms with E-state index in [1.165, 1.54) is 5.56 Å². The minimum atomic E-state index is -0.599. The van der Waals surface area contributed by atoms with Crippen LogP contribution in [0.5, 0.6) is 0 Å². The molecule has 3 aromatic rings. The zero-order valence-corrected chi connectivity index (χ0v) is 23.7. The van der Waals surface area contributed by atoms with Crippen molar-refractivity contribution in [1.82, 2.24) is 20.1 Å². The molecule has 2 fully saturated rings. The Morgan fingerprint density at radius 2 is 1.87 bits per heavy atom. The number of aromatic amines is 1. The summed E-state index contributed by atoms with van der Waals surface area (Å²) in [5.41, 5.74) is 8.61. The van der Waals surface area contributed by atoms with Gasteiger partial charge in [0.25, 0.3) is 0 Å². The molecule has 3 heterocycles. The maximum Gasteiger partial charge on any atom is 0.240 e. The van der Waals surface area contributed by atoms with E-state index in [0.29, 0.717) is 32.6 Å². The van der Waals surface area contributed by atoms with E-state index in [2.05, 4.69) is 48.4 Å². The highest BCUT2D eigenvalue weighted by atomic mass is 16.2. The second-order valence-electron chi connectivity index (χ2n) is 12.5. The number of benzene rings is 2. The summed E-state index contributed by atoms with van der Waals surface area (Å²) in [6, 6.07) is 18.2. The number of hydrogen-bond acceptors (Lipinski definition) is 4. The van der Waals surface area contributed by atoms with Gasteiger partial charge in [0, 0.05) is 60.8 Å². The largest absolute Gasteiger partial charge is 0.361 e. The molecule has 2 aliphatic rings. The van der Waals surface area contributed by atoms with Crippen LogP contribution < -0.4 is 11.1 Å². The third-order valence-electron chi connectivity index (χ3n) is 8.60. The van der Waals surface area contributed by atoms with Crippen molar-refractivity contribution in [1.29, 1.82) is 0 Å². The van der Waals surface area contributed by atoms with Gasteiger partial charge in [-0.2, -0.15) is 0 Å². The second-order valence-corrected chi connectivity index (χ2v) is 12.5. The van der Waals surface area contributed by atoms with Gasteiger partial charge in [-0.25, -0.2) is 0 Å². The van der Waals surface area contributed by atoms with Crippen LogP contribution in [0.2, 0.25) is 0 Å². The lowest BCUT2D eigenvalue weighted by Gasteiger charge is -2.43. The lowest BCUT2D eigenvalue weighted by molar-refractivity contribution is -0.145. The van der Waals surface area contributed by atoms with Crippen LogP contribution in [0.25, 0.3) is 10.9 Å². The van der Waals surface area contributed by atoms with E-state index in [-0.39, 0.29) is 23.8 Å². The molecule has 0 bridgehead atoms. The SMILES string of the molecule is CC(C)N1CC(c2ccccc2)C2(CCCN(C(=O)C(Cc3c[nH]c4ccccc34)NCC(C)(C)N)C2)C1=O. The van der Waals surface area contributed by atoms with Crippen LogP contribution >= 0.6 is 0 Å². The van der Waals surface area contributed by atoms with Gasteiger partial charge in [-0.3, -0.25) is 9.59 Å². The molecule has 7 heteroatoms.